The lowest BCUT2D eigenvalue weighted by Gasteiger charge is -2.16. The zero-order chi connectivity index (χ0) is 22.9. The first-order chi connectivity index (χ1) is 14.5. The quantitative estimate of drug-likeness (QED) is 0.543. The minimum Gasteiger partial charge on any atom is -0.322 e. The Morgan fingerprint density at radius 3 is 2.42 bits per heavy atom. The molecule has 3 rings (SSSR count). The fourth-order valence-corrected chi connectivity index (χ4v) is 3.35. The number of nitrogens with zero attached hydrogens (tertiary/aromatic N) is 1. The fraction of sp³-hybridized carbons (Fsp3) is 0.182. The van der Waals surface area contributed by atoms with Crippen molar-refractivity contribution in [1.29, 1.82) is 0 Å². The Bertz CT molecular complexity index is 1220. The van der Waals surface area contributed by atoms with E-state index in [0.29, 0.717) is 11.1 Å². The summed E-state index contributed by atoms with van der Waals surface area (Å²) in [6.45, 7) is 1.62. The van der Waals surface area contributed by atoms with Gasteiger partial charge in [-0.2, -0.15) is 13.2 Å². The molecule has 1 aromatic heterocycles. The highest BCUT2D eigenvalue weighted by Crippen LogP contribution is 2.37. The molecule has 0 spiro atoms. The number of hydrogen-bond donors (Lipinski definition) is 1. The van der Waals surface area contributed by atoms with Crippen LogP contribution in [0.3, 0.4) is 0 Å². The van der Waals surface area contributed by atoms with E-state index in [0.717, 1.165) is 12.1 Å². The number of halogens is 5. The molecule has 0 fully saturated rings. The monoisotopic (exact) mass is 452 g/mol. The highest BCUT2D eigenvalue weighted by molar-refractivity contribution is 6.32. The summed E-state index contributed by atoms with van der Waals surface area (Å²) >= 11 is 5.83. The second kappa shape index (κ2) is 8.55. The number of aromatic nitrogens is 1. The summed E-state index contributed by atoms with van der Waals surface area (Å²) in [6, 6.07) is 8.36. The zero-order valence-corrected chi connectivity index (χ0v) is 17.2. The number of benzene rings is 2. The summed E-state index contributed by atoms with van der Waals surface area (Å²) in [7, 11) is 1.53. The fourth-order valence-electron chi connectivity index (χ4n) is 3.08. The van der Waals surface area contributed by atoms with Gasteiger partial charge in [0.05, 0.1) is 10.6 Å². The molecule has 4 nitrogen and oxygen atoms in total. The van der Waals surface area contributed by atoms with Crippen molar-refractivity contribution in [2.24, 2.45) is 7.05 Å². The van der Waals surface area contributed by atoms with Gasteiger partial charge in [0.2, 0.25) is 0 Å². The van der Waals surface area contributed by atoms with Crippen molar-refractivity contribution in [3.8, 4) is 0 Å². The number of aryl methyl sites for hydroxylation is 2. The Morgan fingerprint density at radius 2 is 1.81 bits per heavy atom. The van der Waals surface area contributed by atoms with E-state index in [-0.39, 0.29) is 28.8 Å². The lowest BCUT2D eigenvalue weighted by Crippen LogP contribution is -2.20. The van der Waals surface area contributed by atoms with E-state index in [1.54, 1.807) is 6.92 Å². The summed E-state index contributed by atoms with van der Waals surface area (Å²) in [5.41, 5.74) is -0.191. The second-order valence-electron chi connectivity index (χ2n) is 7.05. The topological polar surface area (TPSA) is 51.1 Å². The number of amides is 1. The predicted molar refractivity (Wildman–Crippen MR) is 110 cm³/mol. The average molecular weight is 453 g/mol. The summed E-state index contributed by atoms with van der Waals surface area (Å²) < 4.78 is 54.9. The van der Waals surface area contributed by atoms with Gasteiger partial charge in [-0.3, -0.25) is 9.59 Å². The molecule has 0 saturated carbocycles. The third-order valence-electron chi connectivity index (χ3n) is 4.79. The largest absolute Gasteiger partial charge is 0.417 e. The molecule has 0 saturated heterocycles. The van der Waals surface area contributed by atoms with Crippen molar-refractivity contribution in [3.05, 3.63) is 97.7 Å². The van der Waals surface area contributed by atoms with Crippen molar-refractivity contribution < 1.29 is 22.4 Å². The van der Waals surface area contributed by atoms with Gasteiger partial charge in [0, 0.05) is 30.6 Å². The first kappa shape index (κ1) is 22.6. The molecule has 162 valence electrons. The molecular weight excluding hydrogens is 436 g/mol. The van der Waals surface area contributed by atoms with Crippen molar-refractivity contribution in [3.63, 3.8) is 0 Å². The molecule has 1 heterocycles. The van der Waals surface area contributed by atoms with Crippen molar-refractivity contribution >= 4 is 23.2 Å². The van der Waals surface area contributed by atoms with Gasteiger partial charge in [0.25, 0.3) is 11.5 Å². The lowest BCUT2D eigenvalue weighted by atomic mass is 9.94. The van der Waals surface area contributed by atoms with Crippen LogP contribution < -0.4 is 10.9 Å². The van der Waals surface area contributed by atoms with Crippen LogP contribution in [0.15, 0.2) is 53.5 Å². The van der Waals surface area contributed by atoms with Crippen molar-refractivity contribution in [1.82, 2.24) is 4.57 Å². The van der Waals surface area contributed by atoms with Gasteiger partial charge < -0.3 is 9.88 Å². The van der Waals surface area contributed by atoms with Crippen LogP contribution in [0.1, 0.15) is 32.6 Å². The van der Waals surface area contributed by atoms with E-state index in [9.17, 15) is 27.2 Å². The molecule has 0 aliphatic rings. The molecule has 31 heavy (non-hydrogen) atoms. The van der Waals surface area contributed by atoms with Gasteiger partial charge in [-0.25, -0.2) is 4.39 Å². The number of rotatable bonds is 4. The summed E-state index contributed by atoms with van der Waals surface area (Å²) in [6.07, 6.45) is -3.32. The van der Waals surface area contributed by atoms with Crippen LogP contribution in [-0.4, -0.2) is 10.5 Å². The minimum absolute atomic E-state index is 0.0499. The SMILES string of the molecule is Cc1cc(F)ccc1Cc1cc(C(F)(F)F)c(Cl)cc1C(=O)Nc1ccn(C)c(=O)c1. The molecule has 0 bridgehead atoms. The van der Waals surface area contributed by atoms with E-state index in [2.05, 4.69) is 5.32 Å². The third kappa shape index (κ3) is 5.14. The molecule has 2 aromatic carbocycles. The first-order valence-corrected chi connectivity index (χ1v) is 9.46. The zero-order valence-electron chi connectivity index (χ0n) is 16.5. The van der Waals surface area contributed by atoms with E-state index < -0.39 is 28.5 Å². The molecule has 1 N–H and O–H groups in total. The van der Waals surface area contributed by atoms with Gasteiger partial charge in [0.15, 0.2) is 0 Å². The molecule has 0 atom stereocenters. The maximum Gasteiger partial charge on any atom is 0.417 e. The van der Waals surface area contributed by atoms with E-state index >= 15 is 0 Å². The van der Waals surface area contributed by atoms with Crippen molar-refractivity contribution in [2.75, 3.05) is 5.32 Å². The Morgan fingerprint density at radius 1 is 1.10 bits per heavy atom. The smallest absolute Gasteiger partial charge is 0.322 e. The number of pyridine rings is 1. The average Bonchev–Trinajstić information content (AvgIpc) is 2.67. The van der Waals surface area contributed by atoms with Crippen LogP contribution in [0.25, 0.3) is 0 Å². The Hall–Kier alpha value is -3.13. The molecule has 0 aliphatic heterocycles. The van der Waals surface area contributed by atoms with Crippen LogP contribution in [-0.2, 0) is 19.6 Å². The normalized spacial score (nSPS) is 11.5. The van der Waals surface area contributed by atoms with E-state index in [4.69, 9.17) is 11.6 Å². The van der Waals surface area contributed by atoms with Gasteiger partial charge >= 0.3 is 6.18 Å². The summed E-state index contributed by atoms with van der Waals surface area (Å²) in [4.78, 5) is 24.6. The number of carbonyl (C=O) groups excluding carboxylic acids is 1. The molecule has 9 heteroatoms. The number of alkyl halides is 3. The molecular formula is C22H17ClF4N2O2. The van der Waals surface area contributed by atoms with Crippen LogP contribution >= 0.6 is 11.6 Å². The Balaban J connectivity index is 2.06. The molecule has 3 aromatic rings. The number of anilines is 1. The molecule has 1 amide bonds. The highest BCUT2D eigenvalue weighted by atomic mass is 35.5. The number of nitrogens with one attached hydrogen (secondary N) is 1. The van der Waals surface area contributed by atoms with Gasteiger partial charge in [-0.05, 0) is 60.4 Å². The molecule has 0 aliphatic carbocycles. The van der Waals surface area contributed by atoms with Gasteiger partial charge in [-0.1, -0.05) is 17.7 Å². The van der Waals surface area contributed by atoms with Crippen LogP contribution in [0, 0.1) is 12.7 Å². The minimum atomic E-state index is -4.72. The van der Waals surface area contributed by atoms with Crippen LogP contribution in [0.4, 0.5) is 23.2 Å². The summed E-state index contributed by atoms with van der Waals surface area (Å²) in [5.74, 6) is -1.20. The third-order valence-corrected chi connectivity index (χ3v) is 5.10. The van der Waals surface area contributed by atoms with Crippen LogP contribution in [0.2, 0.25) is 5.02 Å². The molecule has 0 radical (unpaired) electrons. The maximum absolute atomic E-state index is 13.4. The summed E-state index contributed by atoms with van der Waals surface area (Å²) in [5, 5.41) is 1.89. The number of hydrogen-bond acceptors (Lipinski definition) is 2. The van der Waals surface area contributed by atoms with Gasteiger partial charge in [-0.15, -0.1) is 0 Å². The Kier molecular flexibility index (Phi) is 6.22. The highest BCUT2D eigenvalue weighted by Gasteiger charge is 2.34. The maximum atomic E-state index is 13.4. The predicted octanol–water partition coefficient (Wildman–Crippen LogP) is 5.35. The van der Waals surface area contributed by atoms with Crippen molar-refractivity contribution in [2.45, 2.75) is 19.5 Å². The standard InChI is InChI=1S/C22H17ClF4N2O2/c1-12-7-15(24)4-3-13(12)8-14-9-18(22(25,26)27)19(23)11-17(14)21(31)28-16-5-6-29(2)20(30)10-16/h3-7,9-11H,8H2,1-2H3,(H,28,31). The van der Waals surface area contributed by atoms with E-state index in [1.165, 1.54) is 48.1 Å². The molecule has 0 unspecified atom stereocenters. The number of carbonyl (C=O) groups is 1. The van der Waals surface area contributed by atoms with Gasteiger partial charge in [0.1, 0.15) is 5.82 Å². The van der Waals surface area contributed by atoms with Crippen LogP contribution in [0.5, 0.6) is 0 Å². The Labute approximate surface area is 180 Å². The first-order valence-electron chi connectivity index (χ1n) is 9.08. The second-order valence-corrected chi connectivity index (χ2v) is 7.46. The van der Waals surface area contributed by atoms with E-state index in [1.807, 2.05) is 0 Å². The lowest BCUT2D eigenvalue weighted by molar-refractivity contribution is -0.137.